The van der Waals surface area contributed by atoms with Gasteiger partial charge in [0.15, 0.2) is 5.88 Å². The van der Waals surface area contributed by atoms with E-state index in [2.05, 4.69) is 0 Å². The van der Waals surface area contributed by atoms with Crippen molar-refractivity contribution < 1.29 is 9.15 Å². The van der Waals surface area contributed by atoms with Gasteiger partial charge in [-0.2, -0.15) is 0 Å². The average Bonchev–Trinajstić information content (AvgIpc) is 2.65. The fourth-order valence-electron chi connectivity index (χ4n) is 1.33. The molecule has 3 heteroatoms. The zero-order valence-corrected chi connectivity index (χ0v) is 7.86. The molecular formula is C11H11NO2. The summed E-state index contributed by atoms with van der Waals surface area (Å²) in [5, 5.41) is 0. The third kappa shape index (κ3) is 1.44. The first kappa shape index (κ1) is 8.69. The van der Waals surface area contributed by atoms with Gasteiger partial charge in [-0.1, -0.05) is 12.1 Å². The molecule has 0 spiro atoms. The van der Waals surface area contributed by atoms with Crippen LogP contribution in [0.3, 0.4) is 0 Å². The lowest BCUT2D eigenvalue weighted by Gasteiger charge is -2.01. The fraction of sp³-hybridized carbons (Fsp3) is 0.0909. The number of ether oxygens (including phenoxy) is 1. The van der Waals surface area contributed by atoms with Crippen LogP contribution in [0.4, 0.5) is 5.88 Å². The maximum atomic E-state index is 5.65. The lowest BCUT2D eigenvalue weighted by molar-refractivity contribution is 0.415. The smallest absolute Gasteiger partial charge is 0.197 e. The van der Waals surface area contributed by atoms with Crippen LogP contribution in [0.5, 0.6) is 5.75 Å². The van der Waals surface area contributed by atoms with Gasteiger partial charge < -0.3 is 14.9 Å². The number of benzene rings is 1. The second kappa shape index (κ2) is 3.46. The molecular weight excluding hydrogens is 178 g/mol. The first-order chi connectivity index (χ1) is 6.81. The van der Waals surface area contributed by atoms with Crippen LogP contribution >= 0.6 is 0 Å². The summed E-state index contributed by atoms with van der Waals surface area (Å²) in [6, 6.07) is 9.51. The molecule has 0 amide bonds. The van der Waals surface area contributed by atoms with Crippen molar-refractivity contribution in [1.29, 1.82) is 0 Å². The molecule has 1 heterocycles. The van der Waals surface area contributed by atoms with Crippen LogP contribution in [0.25, 0.3) is 11.1 Å². The molecule has 2 N–H and O–H groups in total. The summed E-state index contributed by atoms with van der Waals surface area (Å²) in [4.78, 5) is 0. The highest BCUT2D eigenvalue weighted by Gasteiger charge is 2.04. The minimum Gasteiger partial charge on any atom is -0.497 e. The van der Waals surface area contributed by atoms with Crippen molar-refractivity contribution in [3.05, 3.63) is 36.6 Å². The molecule has 0 saturated heterocycles. The van der Waals surface area contributed by atoms with E-state index in [-0.39, 0.29) is 0 Å². The third-order valence-corrected chi connectivity index (χ3v) is 2.10. The Hall–Kier alpha value is -1.90. The minimum atomic E-state index is 0.440. The zero-order chi connectivity index (χ0) is 9.97. The summed E-state index contributed by atoms with van der Waals surface area (Å²) >= 11 is 0. The molecule has 0 aliphatic heterocycles. The number of anilines is 1. The maximum Gasteiger partial charge on any atom is 0.197 e. The highest BCUT2D eigenvalue weighted by molar-refractivity contribution is 5.73. The Labute approximate surface area is 82.1 Å². The van der Waals surface area contributed by atoms with Gasteiger partial charge in [-0.25, -0.2) is 0 Å². The number of hydrogen-bond acceptors (Lipinski definition) is 3. The second-order valence-electron chi connectivity index (χ2n) is 2.93. The van der Waals surface area contributed by atoms with E-state index in [9.17, 15) is 0 Å². The van der Waals surface area contributed by atoms with Crippen LogP contribution in [0, 0.1) is 0 Å². The Morgan fingerprint density at radius 1 is 1.14 bits per heavy atom. The van der Waals surface area contributed by atoms with Gasteiger partial charge in [0.05, 0.1) is 13.4 Å². The normalized spacial score (nSPS) is 10.1. The second-order valence-corrected chi connectivity index (χ2v) is 2.93. The van der Waals surface area contributed by atoms with Gasteiger partial charge in [0, 0.05) is 5.56 Å². The quantitative estimate of drug-likeness (QED) is 0.789. The summed E-state index contributed by atoms with van der Waals surface area (Å²) in [5.41, 5.74) is 7.58. The van der Waals surface area contributed by atoms with Gasteiger partial charge >= 0.3 is 0 Å². The van der Waals surface area contributed by atoms with E-state index in [0.29, 0.717) is 5.88 Å². The number of methoxy groups -OCH3 is 1. The van der Waals surface area contributed by atoms with Crippen LogP contribution in [0.2, 0.25) is 0 Å². The number of furan rings is 1. The minimum absolute atomic E-state index is 0.440. The summed E-state index contributed by atoms with van der Waals surface area (Å²) in [6.45, 7) is 0. The molecule has 0 bridgehead atoms. The molecule has 0 unspecified atom stereocenters. The van der Waals surface area contributed by atoms with Crippen LogP contribution in [-0.2, 0) is 0 Å². The first-order valence-corrected chi connectivity index (χ1v) is 4.28. The van der Waals surface area contributed by atoms with Gasteiger partial charge in [0.2, 0.25) is 0 Å². The number of nitrogens with two attached hydrogens (primary N) is 1. The largest absolute Gasteiger partial charge is 0.497 e. The SMILES string of the molecule is COc1ccc(-c2ccoc2N)cc1. The molecule has 2 aromatic rings. The van der Waals surface area contributed by atoms with Gasteiger partial charge in [0.25, 0.3) is 0 Å². The van der Waals surface area contributed by atoms with Crippen molar-refractivity contribution in [2.24, 2.45) is 0 Å². The standard InChI is InChI=1S/C11H11NO2/c1-13-9-4-2-8(3-5-9)10-6-7-14-11(10)12/h2-7H,12H2,1H3. The molecule has 0 radical (unpaired) electrons. The third-order valence-electron chi connectivity index (χ3n) is 2.10. The van der Waals surface area contributed by atoms with E-state index in [1.54, 1.807) is 13.4 Å². The molecule has 0 fully saturated rings. The Bertz CT molecular complexity index is 417. The molecule has 2 rings (SSSR count). The Morgan fingerprint density at radius 3 is 2.36 bits per heavy atom. The molecule has 1 aromatic heterocycles. The maximum absolute atomic E-state index is 5.65. The van der Waals surface area contributed by atoms with Crippen molar-refractivity contribution in [2.75, 3.05) is 12.8 Å². The first-order valence-electron chi connectivity index (χ1n) is 4.28. The monoisotopic (exact) mass is 189 g/mol. The van der Waals surface area contributed by atoms with Crippen molar-refractivity contribution >= 4 is 5.88 Å². The Kier molecular flexibility index (Phi) is 2.14. The Balaban J connectivity index is 2.39. The molecule has 72 valence electrons. The molecule has 0 aliphatic rings. The predicted octanol–water partition coefficient (Wildman–Crippen LogP) is 2.54. The highest BCUT2D eigenvalue weighted by Crippen LogP contribution is 2.27. The van der Waals surface area contributed by atoms with Crippen LogP contribution in [0.1, 0.15) is 0 Å². The highest BCUT2D eigenvalue weighted by atomic mass is 16.5. The summed E-state index contributed by atoms with van der Waals surface area (Å²) < 4.78 is 10.1. The van der Waals surface area contributed by atoms with Crippen molar-refractivity contribution in [3.63, 3.8) is 0 Å². The molecule has 0 atom stereocenters. The van der Waals surface area contributed by atoms with E-state index in [0.717, 1.165) is 16.9 Å². The molecule has 3 nitrogen and oxygen atoms in total. The van der Waals surface area contributed by atoms with Gasteiger partial charge in [-0.05, 0) is 23.8 Å². The number of hydrogen-bond donors (Lipinski definition) is 1. The molecule has 14 heavy (non-hydrogen) atoms. The van der Waals surface area contributed by atoms with Gasteiger partial charge in [-0.15, -0.1) is 0 Å². The van der Waals surface area contributed by atoms with E-state index in [1.165, 1.54) is 0 Å². The summed E-state index contributed by atoms with van der Waals surface area (Å²) in [5.74, 6) is 1.27. The average molecular weight is 189 g/mol. The number of rotatable bonds is 2. The van der Waals surface area contributed by atoms with E-state index in [1.807, 2.05) is 30.3 Å². The van der Waals surface area contributed by atoms with Crippen molar-refractivity contribution in [1.82, 2.24) is 0 Å². The zero-order valence-electron chi connectivity index (χ0n) is 7.86. The predicted molar refractivity (Wildman–Crippen MR) is 55.1 cm³/mol. The molecule has 1 aromatic carbocycles. The van der Waals surface area contributed by atoms with E-state index in [4.69, 9.17) is 14.9 Å². The van der Waals surface area contributed by atoms with Crippen LogP contribution in [0.15, 0.2) is 41.0 Å². The van der Waals surface area contributed by atoms with Gasteiger partial charge in [-0.3, -0.25) is 0 Å². The van der Waals surface area contributed by atoms with E-state index >= 15 is 0 Å². The Morgan fingerprint density at radius 2 is 1.86 bits per heavy atom. The lowest BCUT2D eigenvalue weighted by atomic mass is 10.1. The summed E-state index contributed by atoms with van der Waals surface area (Å²) in [6.07, 6.45) is 1.58. The molecule has 0 aliphatic carbocycles. The van der Waals surface area contributed by atoms with Crippen molar-refractivity contribution in [2.45, 2.75) is 0 Å². The van der Waals surface area contributed by atoms with Crippen LogP contribution < -0.4 is 10.5 Å². The lowest BCUT2D eigenvalue weighted by Crippen LogP contribution is -1.85. The van der Waals surface area contributed by atoms with E-state index < -0.39 is 0 Å². The van der Waals surface area contributed by atoms with Crippen LogP contribution in [-0.4, -0.2) is 7.11 Å². The number of nitrogen functional groups attached to an aromatic ring is 1. The molecule has 0 saturated carbocycles. The van der Waals surface area contributed by atoms with Crippen molar-refractivity contribution in [3.8, 4) is 16.9 Å². The fourth-order valence-corrected chi connectivity index (χ4v) is 1.33. The topological polar surface area (TPSA) is 48.4 Å². The van der Waals surface area contributed by atoms with Gasteiger partial charge in [0.1, 0.15) is 5.75 Å². The summed E-state index contributed by atoms with van der Waals surface area (Å²) in [7, 11) is 1.64.